The second kappa shape index (κ2) is 8.56. The minimum Gasteiger partial charge on any atom is -0.545 e. The van der Waals surface area contributed by atoms with Crippen LogP contribution < -0.4 is 5.11 Å². The topological polar surface area (TPSA) is 40.1 Å². The van der Waals surface area contributed by atoms with Crippen molar-refractivity contribution < 1.29 is 9.90 Å². The standard InChI is InChI=1S/C4H11S.C3H4O2/c1-4-5(2)3;1-2-3(4)5/h4H2,1-3H3;2H,1H2,(H,4,5)/q+1;/p-1. The van der Waals surface area contributed by atoms with Crippen LogP contribution in [-0.4, -0.2) is 24.2 Å². The summed E-state index contributed by atoms with van der Waals surface area (Å²) in [6.07, 6.45) is 5.22. The zero-order chi connectivity index (χ0) is 8.57. The number of carbonyl (C=O) groups is 1. The molecule has 0 radical (unpaired) electrons. The van der Waals surface area contributed by atoms with Crippen molar-refractivity contribution in [3.8, 4) is 0 Å². The summed E-state index contributed by atoms with van der Waals surface area (Å²) in [6.45, 7) is 5.11. The molecular weight excluding hydrogens is 148 g/mol. The summed E-state index contributed by atoms with van der Waals surface area (Å²) in [5.41, 5.74) is 0. The maximum atomic E-state index is 9.14. The number of carbonyl (C=O) groups excluding carboxylic acids is 1. The van der Waals surface area contributed by atoms with Crippen molar-refractivity contribution in [1.82, 2.24) is 0 Å². The van der Waals surface area contributed by atoms with Crippen LogP contribution in [0, 0.1) is 0 Å². The number of aliphatic carboxylic acids is 1. The van der Waals surface area contributed by atoms with Gasteiger partial charge in [0.1, 0.15) is 5.75 Å². The SMILES string of the molecule is C=CC(=O)[O-].CC[S+](C)C. The second-order valence-electron chi connectivity index (χ2n) is 1.80. The van der Waals surface area contributed by atoms with Gasteiger partial charge in [0, 0.05) is 0 Å². The van der Waals surface area contributed by atoms with E-state index >= 15 is 0 Å². The summed E-state index contributed by atoms with van der Waals surface area (Å²) in [7, 11) is 0.677. The molecule has 10 heavy (non-hydrogen) atoms. The molecule has 0 aromatic carbocycles. The van der Waals surface area contributed by atoms with E-state index in [4.69, 9.17) is 9.90 Å². The molecule has 0 unspecified atom stereocenters. The average molecular weight is 162 g/mol. The Morgan fingerprint density at radius 1 is 1.70 bits per heavy atom. The molecule has 0 fully saturated rings. The zero-order valence-electron chi connectivity index (χ0n) is 6.72. The van der Waals surface area contributed by atoms with Crippen molar-refractivity contribution >= 4 is 16.9 Å². The third-order valence-electron chi connectivity index (χ3n) is 0.744. The van der Waals surface area contributed by atoms with E-state index in [-0.39, 0.29) is 0 Å². The molecule has 0 N–H and O–H groups in total. The van der Waals surface area contributed by atoms with E-state index in [1.807, 2.05) is 0 Å². The fourth-order valence-corrected chi connectivity index (χ4v) is 0. The minimum atomic E-state index is -1.23. The van der Waals surface area contributed by atoms with Crippen LogP contribution in [0.1, 0.15) is 6.92 Å². The summed E-state index contributed by atoms with van der Waals surface area (Å²) in [5.74, 6) is 0.102. The van der Waals surface area contributed by atoms with Crippen LogP contribution in [0.25, 0.3) is 0 Å². The highest BCUT2D eigenvalue weighted by atomic mass is 32.2. The molecule has 60 valence electrons. The van der Waals surface area contributed by atoms with Gasteiger partial charge in [-0.05, 0) is 23.9 Å². The Bertz CT molecular complexity index is 99.8. The highest BCUT2D eigenvalue weighted by molar-refractivity contribution is 7.95. The van der Waals surface area contributed by atoms with E-state index in [1.54, 1.807) is 0 Å². The van der Waals surface area contributed by atoms with E-state index in [1.165, 1.54) is 5.75 Å². The summed E-state index contributed by atoms with van der Waals surface area (Å²) in [5, 5.41) is 9.14. The van der Waals surface area contributed by atoms with Crippen LogP contribution in [0.5, 0.6) is 0 Å². The molecule has 0 saturated carbocycles. The highest BCUT2D eigenvalue weighted by Crippen LogP contribution is 1.76. The van der Waals surface area contributed by atoms with E-state index in [9.17, 15) is 0 Å². The number of rotatable bonds is 2. The first-order chi connectivity index (χ1) is 4.54. The van der Waals surface area contributed by atoms with Gasteiger partial charge in [0.15, 0.2) is 0 Å². The lowest BCUT2D eigenvalue weighted by Crippen LogP contribution is -2.17. The van der Waals surface area contributed by atoms with E-state index in [0.29, 0.717) is 10.9 Å². The van der Waals surface area contributed by atoms with Crippen molar-refractivity contribution in [2.45, 2.75) is 6.92 Å². The lowest BCUT2D eigenvalue weighted by Gasteiger charge is -1.81. The first-order valence-corrected chi connectivity index (χ1v) is 5.13. The number of hydrogen-bond donors (Lipinski definition) is 0. The third kappa shape index (κ3) is 25.7. The van der Waals surface area contributed by atoms with Gasteiger partial charge in [0.25, 0.3) is 0 Å². The van der Waals surface area contributed by atoms with E-state index in [2.05, 4.69) is 26.0 Å². The van der Waals surface area contributed by atoms with Crippen LogP contribution in [-0.2, 0) is 15.7 Å². The molecule has 0 aromatic rings. The van der Waals surface area contributed by atoms with Gasteiger partial charge in [-0.1, -0.05) is 6.58 Å². The van der Waals surface area contributed by atoms with Crippen LogP contribution >= 0.6 is 0 Å². The molecule has 0 atom stereocenters. The predicted octanol–water partition coefficient (Wildman–Crippen LogP) is -0.194. The highest BCUT2D eigenvalue weighted by Gasteiger charge is 1.89. The summed E-state index contributed by atoms with van der Waals surface area (Å²) >= 11 is 0. The maximum absolute atomic E-state index is 9.14. The lowest BCUT2D eigenvalue weighted by atomic mass is 10.7. The largest absolute Gasteiger partial charge is 0.545 e. The van der Waals surface area contributed by atoms with Crippen molar-refractivity contribution in [3.05, 3.63) is 12.7 Å². The Hall–Kier alpha value is -0.440. The number of carboxylic acids is 1. The third-order valence-corrected chi connectivity index (χ3v) is 1.90. The monoisotopic (exact) mass is 162 g/mol. The van der Waals surface area contributed by atoms with E-state index < -0.39 is 5.97 Å². The molecule has 0 heterocycles. The lowest BCUT2D eigenvalue weighted by molar-refractivity contribution is -0.297. The molecule has 0 amide bonds. The van der Waals surface area contributed by atoms with Gasteiger partial charge in [-0.15, -0.1) is 0 Å². The summed E-state index contributed by atoms with van der Waals surface area (Å²) in [4.78, 5) is 9.14. The quantitative estimate of drug-likeness (QED) is 0.417. The normalized spacial score (nSPS) is 8.00. The van der Waals surface area contributed by atoms with Gasteiger partial charge in [-0.25, -0.2) is 0 Å². The van der Waals surface area contributed by atoms with Gasteiger partial charge in [0.05, 0.1) is 18.5 Å². The molecule has 0 aliphatic carbocycles. The van der Waals surface area contributed by atoms with E-state index in [0.717, 1.165) is 6.08 Å². The van der Waals surface area contributed by atoms with Gasteiger partial charge in [-0.3, -0.25) is 0 Å². The molecule has 0 aliphatic rings. The smallest absolute Gasteiger partial charge is 0.104 e. The Labute approximate surface area is 65.3 Å². The summed E-state index contributed by atoms with van der Waals surface area (Å²) in [6, 6.07) is 0. The molecule has 0 spiro atoms. The second-order valence-corrected chi connectivity index (χ2v) is 4.35. The van der Waals surface area contributed by atoms with Crippen molar-refractivity contribution in [2.24, 2.45) is 0 Å². The van der Waals surface area contributed by atoms with Crippen LogP contribution in [0.2, 0.25) is 0 Å². The van der Waals surface area contributed by atoms with Crippen LogP contribution in [0.4, 0.5) is 0 Å². The number of hydrogen-bond acceptors (Lipinski definition) is 2. The van der Waals surface area contributed by atoms with Crippen LogP contribution in [0.15, 0.2) is 12.7 Å². The molecule has 3 heteroatoms. The van der Waals surface area contributed by atoms with Crippen molar-refractivity contribution in [3.63, 3.8) is 0 Å². The van der Waals surface area contributed by atoms with Crippen LogP contribution in [0.3, 0.4) is 0 Å². The van der Waals surface area contributed by atoms with Gasteiger partial charge in [0.2, 0.25) is 0 Å². The van der Waals surface area contributed by atoms with Crippen molar-refractivity contribution in [2.75, 3.05) is 18.3 Å². The Morgan fingerprint density at radius 3 is 1.90 bits per heavy atom. The fraction of sp³-hybridized carbons (Fsp3) is 0.571. The molecule has 0 saturated heterocycles. The Balaban J connectivity index is 0. The van der Waals surface area contributed by atoms with Gasteiger partial charge in [-0.2, -0.15) is 0 Å². The molecule has 0 aromatic heterocycles. The number of carboxylic acid groups (broad SMARTS) is 1. The first kappa shape index (κ1) is 12.3. The van der Waals surface area contributed by atoms with Gasteiger partial charge < -0.3 is 9.90 Å². The zero-order valence-corrected chi connectivity index (χ0v) is 7.53. The van der Waals surface area contributed by atoms with Crippen molar-refractivity contribution in [1.29, 1.82) is 0 Å². The molecule has 0 bridgehead atoms. The fourth-order valence-electron chi connectivity index (χ4n) is 0. The molecule has 2 nitrogen and oxygen atoms in total. The van der Waals surface area contributed by atoms with Gasteiger partial charge >= 0.3 is 0 Å². The molecular formula is C7H14O2S. The first-order valence-electron chi connectivity index (χ1n) is 2.92. The Morgan fingerprint density at radius 2 is 1.90 bits per heavy atom. The minimum absolute atomic E-state index is 0.677. The average Bonchev–Trinajstić information content (AvgIpc) is 1.89. The molecule has 0 rings (SSSR count). The Kier molecular flexibility index (Phi) is 10.5. The molecule has 0 aliphatic heterocycles. The summed E-state index contributed by atoms with van der Waals surface area (Å²) < 4.78 is 0. The predicted molar refractivity (Wildman–Crippen MR) is 45.0 cm³/mol. The maximum Gasteiger partial charge on any atom is 0.104 e.